The van der Waals surface area contributed by atoms with E-state index in [0.29, 0.717) is 0 Å². The number of alkyl halides is 1. The zero-order chi connectivity index (χ0) is 9.52. The first-order chi connectivity index (χ1) is 6.33. The third kappa shape index (κ3) is 4.62. The van der Waals surface area contributed by atoms with Crippen molar-refractivity contribution in [3.63, 3.8) is 0 Å². The lowest BCUT2D eigenvalue weighted by Crippen LogP contribution is -1.89. The van der Waals surface area contributed by atoms with Crippen molar-refractivity contribution in [1.29, 1.82) is 0 Å². The second kappa shape index (κ2) is 6.38. The number of halogens is 1. The third-order valence-electron chi connectivity index (χ3n) is 1.53. The highest BCUT2D eigenvalue weighted by Gasteiger charge is 1.96. The average Bonchev–Trinajstić information content (AvgIpc) is 2.13. The zero-order valence-electron chi connectivity index (χ0n) is 7.66. The van der Waals surface area contributed by atoms with E-state index in [1.165, 1.54) is 12.8 Å². The Morgan fingerprint density at radius 1 is 1.46 bits per heavy atom. The van der Waals surface area contributed by atoms with Crippen LogP contribution in [0.1, 0.15) is 18.5 Å². The first-order valence-electron chi connectivity index (χ1n) is 4.31. The summed E-state index contributed by atoms with van der Waals surface area (Å²) in [6.07, 6.45) is 4.25. The topological polar surface area (TPSA) is 25.8 Å². The van der Waals surface area contributed by atoms with E-state index in [1.807, 2.05) is 19.2 Å². The van der Waals surface area contributed by atoms with Gasteiger partial charge >= 0.3 is 0 Å². The van der Waals surface area contributed by atoms with Crippen LogP contribution in [0, 0.1) is 6.92 Å². The second-order valence-electron chi connectivity index (χ2n) is 2.73. The van der Waals surface area contributed by atoms with E-state index in [-0.39, 0.29) is 0 Å². The minimum Gasteiger partial charge on any atom is -0.231 e. The Bertz CT molecular complexity index is 255. The molecule has 0 aliphatic rings. The molecule has 0 bridgehead atoms. The summed E-state index contributed by atoms with van der Waals surface area (Å²) in [5.74, 6) is 1.11. The summed E-state index contributed by atoms with van der Waals surface area (Å²) in [5, 5.41) is 1.98. The van der Waals surface area contributed by atoms with E-state index in [2.05, 4.69) is 25.9 Å². The van der Waals surface area contributed by atoms with Crippen LogP contribution in [0.5, 0.6) is 0 Å². The molecule has 0 amide bonds. The van der Waals surface area contributed by atoms with E-state index < -0.39 is 0 Å². The molecule has 1 aromatic heterocycles. The SMILES string of the molecule is Cc1ccnc(SCCCCBr)n1. The van der Waals surface area contributed by atoms with Gasteiger partial charge in [0.15, 0.2) is 5.16 Å². The van der Waals surface area contributed by atoms with Crippen LogP contribution in [0.2, 0.25) is 0 Å². The minimum atomic E-state index is 0.898. The van der Waals surface area contributed by atoms with Gasteiger partial charge in [0, 0.05) is 23.0 Å². The van der Waals surface area contributed by atoms with Crippen LogP contribution in [-0.4, -0.2) is 21.1 Å². The van der Waals surface area contributed by atoms with Gasteiger partial charge in [0.25, 0.3) is 0 Å². The Morgan fingerprint density at radius 3 is 3.00 bits per heavy atom. The first-order valence-corrected chi connectivity index (χ1v) is 6.42. The van der Waals surface area contributed by atoms with Crippen LogP contribution in [0.15, 0.2) is 17.4 Å². The molecule has 1 aromatic rings. The van der Waals surface area contributed by atoms with Crippen LogP contribution in [-0.2, 0) is 0 Å². The third-order valence-corrected chi connectivity index (χ3v) is 3.04. The number of nitrogens with zero attached hydrogens (tertiary/aromatic N) is 2. The molecule has 1 rings (SSSR count). The molecule has 13 heavy (non-hydrogen) atoms. The van der Waals surface area contributed by atoms with Crippen molar-refractivity contribution in [1.82, 2.24) is 9.97 Å². The molecule has 0 saturated heterocycles. The maximum Gasteiger partial charge on any atom is 0.187 e. The molecule has 4 heteroatoms. The molecular formula is C9H13BrN2S. The van der Waals surface area contributed by atoms with Gasteiger partial charge in [-0.15, -0.1) is 0 Å². The lowest BCUT2D eigenvalue weighted by Gasteiger charge is -1.99. The number of hydrogen-bond donors (Lipinski definition) is 0. The van der Waals surface area contributed by atoms with Crippen LogP contribution in [0.4, 0.5) is 0 Å². The summed E-state index contributed by atoms with van der Waals surface area (Å²) in [7, 11) is 0. The highest BCUT2D eigenvalue weighted by Crippen LogP contribution is 2.14. The normalized spacial score (nSPS) is 10.3. The van der Waals surface area contributed by atoms with Crippen molar-refractivity contribution in [2.24, 2.45) is 0 Å². The quantitative estimate of drug-likeness (QED) is 0.352. The fraction of sp³-hybridized carbons (Fsp3) is 0.556. The van der Waals surface area contributed by atoms with E-state index in [4.69, 9.17) is 0 Å². The maximum atomic E-state index is 4.31. The molecule has 0 unspecified atom stereocenters. The van der Waals surface area contributed by atoms with Crippen molar-refractivity contribution < 1.29 is 0 Å². The second-order valence-corrected chi connectivity index (χ2v) is 4.58. The summed E-state index contributed by atoms with van der Waals surface area (Å²) in [5.41, 5.74) is 1.04. The predicted octanol–water partition coefficient (Wildman–Crippen LogP) is 3.05. The van der Waals surface area contributed by atoms with Gasteiger partial charge < -0.3 is 0 Å². The number of aryl methyl sites for hydroxylation is 1. The molecule has 2 nitrogen and oxygen atoms in total. The number of unbranched alkanes of at least 4 members (excludes halogenated alkanes) is 1. The van der Waals surface area contributed by atoms with Gasteiger partial charge in [-0.2, -0.15) is 0 Å². The van der Waals surface area contributed by atoms with Crippen LogP contribution < -0.4 is 0 Å². The lowest BCUT2D eigenvalue weighted by atomic mass is 10.4. The summed E-state index contributed by atoms with van der Waals surface area (Å²) >= 11 is 5.14. The van der Waals surface area contributed by atoms with Gasteiger partial charge in [-0.25, -0.2) is 9.97 Å². The number of aromatic nitrogens is 2. The van der Waals surface area contributed by atoms with Gasteiger partial charge in [0.05, 0.1) is 0 Å². The van der Waals surface area contributed by atoms with Gasteiger partial charge in [0.2, 0.25) is 0 Å². The fourth-order valence-electron chi connectivity index (χ4n) is 0.855. The van der Waals surface area contributed by atoms with Gasteiger partial charge in [-0.05, 0) is 25.8 Å². The number of rotatable bonds is 5. The van der Waals surface area contributed by atoms with Crippen LogP contribution in [0.3, 0.4) is 0 Å². The molecule has 0 aliphatic heterocycles. The Morgan fingerprint density at radius 2 is 2.31 bits per heavy atom. The van der Waals surface area contributed by atoms with Gasteiger partial charge in [-0.3, -0.25) is 0 Å². The Kier molecular flexibility index (Phi) is 5.39. The monoisotopic (exact) mass is 260 g/mol. The van der Waals surface area contributed by atoms with Crippen molar-refractivity contribution in [2.45, 2.75) is 24.9 Å². The zero-order valence-corrected chi connectivity index (χ0v) is 10.1. The summed E-state index contributed by atoms with van der Waals surface area (Å²) < 4.78 is 0. The Labute approximate surface area is 91.7 Å². The van der Waals surface area contributed by atoms with E-state index in [1.54, 1.807) is 11.8 Å². The highest BCUT2D eigenvalue weighted by molar-refractivity contribution is 9.09. The smallest absolute Gasteiger partial charge is 0.187 e. The molecule has 0 fully saturated rings. The lowest BCUT2D eigenvalue weighted by molar-refractivity contribution is 0.895. The average molecular weight is 261 g/mol. The maximum absolute atomic E-state index is 4.31. The highest BCUT2D eigenvalue weighted by atomic mass is 79.9. The molecule has 0 saturated carbocycles. The molecule has 0 aliphatic carbocycles. The van der Waals surface area contributed by atoms with Crippen LogP contribution in [0.25, 0.3) is 0 Å². The molecule has 0 radical (unpaired) electrons. The molecule has 0 aromatic carbocycles. The summed E-state index contributed by atoms with van der Waals surface area (Å²) in [6.45, 7) is 1.99. The largest absolute Gasteiger partial charge is 0.231 e. The number of thioether (sulfide) groups is 1. The summed E-state index contributed by atoms with van der Waals surface area (Å²) in [6, 6.07) is 1.92. The van der Waals surface area contributed by atoms with Gasteiger partial charge in [0.1, 0.15) is 0 Å². The van der Waals surface area contributed by atoms with Crippen molar-refractivity contribution in [2.75, 3.05) is 11.1 Å². The Balaban J connectivity index is 2.28. The molecule has 0 N–H and O–H groups in total. The molecule has 72 valence electrons. The summed E-state index contributed by atoms with van der Waals surface area (Å²) in [4.78, 5) is 8.49. The van der Waals surface area contributed by atoms with E-state index in [9.17, 15) is 0 Å². The van der Waals surface area contributed by atoms with Gasteiger partial charge in [-0.1, -0.05) is 27.7 Å². The minimum absolute atomic E-state index is 0.898. The van der Waals surface area contributed by atoms with Crippen molar-refractivity contribution >= 4 is 27.7 Å². The Hall–Kier alpha value is -0.0900. The predicted molar refractivity (Wildman–Crippen MR) is 60.5 cm³/mol. The standard InChI is InChI=1S/C9H13BrN2S/c1-8-4-6-11-9(12-8)13-7-3-2-5-10/h4,6H,2-3,5,7H2,1H3. The van der Waals surface area contributed by atoms with Crippen molar-refractivity contribution in [3.05, 3.63) is 18.0 Å². The first kappa shape index (κ1) is 11.0. The number of hydrogen-bond acceptors (Lipinski definition) is 3. The molecule has 0 spiro atoms. The molecular weight excluding hydrogens is 248 g/mol. The fourth-order valence-corrected chi connectivity index (χ4v) is 2.13. The van der Waals surface area contributed by atoms with Crippen molar-refractivity contribution in [3.8, 4) is 0 Å². The van der Waals surface area contributed by atoms with E-state index >= 15 is 0 Å². The molecule has 0 atom stereocenters. The molecule has 1 heterocycles. The van der Waals surface area contributed by atoms with Crippen LogP contribution >= 0.6 is 27.7 Å². The van der Waals surface area contributed by atoms with E-state index in [0.717, 1.165) is 21.9 Å².